The molecule has 3 aromatic carbocycles. The first-order valence-electron chi connectivity index (χ1n) is 10.9. The van der Waals surface area contributed by atoms with E-state index in [1.54, 1.807) is 32.4 Å². The number of hydrogen-bond acceptors (Lipinski definition) is 5. The molecule has 4 aromatic rings. The van der Waals surface area contributed by atoms with E-state index in [4.69, 9.17) is 9.47 Å². The van der Waals surface area contributed by atoms with E-state index in [0.717, 1.165) is 15.8 Å². The maximum atomic E-state index is 13.3. The highest BCUT2D eigenvalue weighted by Crippen LogP contribution is 2.22. The molecule has 0 saturated carbocycles. The molecule has 4 rings (SSSR count). The molecular formula is C27H24FN3O4. The lowest BCUT2D eigenvalue weighted by Gasteiger charge is -2.12. The van der Waals surface area contributed by atoms with E-state index in [-0.39, 0.29) is 12.1 Å². The van der Waals surface area contributed by atoms with Gasteiger partial charge in [-0.25, -0.2) is 9.07 Å². The molecule has 1 aromatic heterocycles. The molecule has 0 aliphatic heterocycles. The summed E-state index contributed by atoms with van der Waals surface area (Å²) in [7, 11) is 3.17. The van der Waals surface area contributed by atoms with Crippen LogP contribution in [0.2, 0.25) is 0 Å². The Kier molecular flexibility index (Phi) is 7.21. The Bertz CT molecular complexity index is 1380. The van der Waals surface area contributed by atoms with Crippen LogP contribution in [0.5, 0.6) is 11.5 Å². The fourth-order valence-electron chi connectivity index (χ4n) is 3.61. The highest BCUT2D eigenvalue weighted by Gasteiger charge is 2.14. The number of halogens is 1. The summed E-state index contributed by atoms with van der Waals surface area (Å²) >= 11 is 0. The van der Waals surface area contributed by atoms with Gasteiger partial charge in [-0.3, -0.25) is 9.59 Å². The van der Waals surface area contributed by atoms with Gasteiger partial charge < -0.3 is 14.8 Å². The number of nitrogens with one attached hydrogen (secondary N) is 1. The summed E-state index contributed by atoms with van der Waals surface area (Å²) in [6.45, 7) is -0.300. The zero-order valence-electron chi connectivity index (χ0n) is 19.3. The van der Waals surface area contributed by atoms with E-state index >= 15 is 0 Å². The molecule has 35 heavy (non-hydrogen) atoms. The summed E-state index contributed by atoms with van der Waals surface area (Å²) in [4.78, 5) is 25.9. The van der Waals surface area contributed by atoms with Gasteiger partial charge in [-0.2, -0.15) is 5.10 Å². The molecule has 1 amide bonds. The third-order valence-electron chi connectivity index (χ3n) is 5.38. The zero-order chi connectivity index (χ0) is 24.8. The smallest absolute Gasteiger partial charge is 0.270 e. The minimum Gasteiger partial charge on any atom is -0.497 e. The molecule has 8 heteroatoms. The maximum absolute atomic E-state index is 13.3. The van der Waals surface area contributed by atoms with Crippen LogP contribution in [0.1, 0.15) is 11.1 Å². The fourth-order valence-corrected chi connectivity index (χ4v) is 3.61. The van der Waals surface area contributed by atoms with Crippen molar-refractivity contribution in [1.29, 1.82) is 0 Å². The molecule has 0 bridgehead atoms. The summed E-state index contributed by atoms with van der Waals surface area (Å²) in [6, 6.07) is 21.9. The second-order valence-electron chi connectivity index (χ2n) is 7.83. The Morgan fingerprint density at radius 1 is 0.943 bits per heavy atom. The number of carbonyl (C=O) groups excluding carboxylic acids is 1. The predicted molar refractivity (Wildman–Crippen MR) is 131 cm³/mol. The number of anilines is 1. The van der Waals surface area contributed by atoms with Gasteiger partial charge >= 0.3 is 0 Å². The lowest BCUT2D eigenvalue weighted by Crippen LogP contribution is -2.32. The van der Waals surface area contributed by atoms with Gasteiger partial charge in [0.25, 0.3) is 5.56 Å². The fraction of sp³-hybridized carbons (Fsp3) is 0.148. The Morgan fingerprint density at radius 3 is 2.34 bits per heavy atom. The number of methoxy groups -OCH3 is 2. The van der Waals surface area contributed by atoms with Gasteiger partial charge in [-0.1, -0.05) is 12.1 Å². The van der Waals surface area contributed by atoms with Crippen LogP contribution >= 0.6 is 0 Å². The Balaban J connectivity index is 1.69. The van der Waals surface area contributed by atoms with Gasteiger partial charge in [0.15, 0.2) is 0 Å². The van der Waals surface area contributed by atoms with Crippen LogP contribution < -0.4 is 20.3 Å². The van der Waals surface area contributed by atoms with Crippen LogP contribution in [-0.2, 0) is 17.8 Å². The average molecular weight is 474 g/mol. The summed E-state index contributed by atoms with van der Waals surface area (Å²) in [5.74, 6) is 0.518. The van der Waals surface area contributed by atoms with Crippen LogP contribution in [0.4, 0.5) is 10.1 Å². The normalized spacial score (nSPS) is 10.6. The quantitative estimate of drug-likeness (QED) is 0.413. The Labute approximate surface area is 201 Å². The van der Waals surface area contributed by atoms with Crippen molar-refractivity contribution in [3.05, 3.63) is 106 Å². The summed E-state index contributed by atoms with van der Waals surface area (Å²) in [5, 5.41) is 7.11. The van der Waals surface area contributed by atoms with E-state index in [0.29, 0.717) is 34.9 Å². The third-order valence-corrected chi connectivity index (χ3v) is 5.38. The largest absolute Gasteiger partial charge is 0.497 e. The lowest BCUT2D eigenvalue weighted by molar-refractivity contribution is -0.117. The van der Waals surface area contributed by atoms with Gasteiger partial charge in [0.2, 0.25) is 5.91 Å². The number of aromatic nitrogens is 2. The molecule has 7 nitrogen and oxygen atoms in total. The number of amides is 1. The van der Waals surface area contributed by atoms with Crippen molar-refractivity contribution < 1.29 is 18.7 Å². The molecule has 0 unspecified atom stereocenters. The number of nitrogens with zero attached hydrogens (tertiary/aromatic N) is 2. The Hall–Kier alpha value is -4.46. The first-order valence-corrected chi connectivity index (χ1v) is 10.9. The van der Waals surface area contributed by atoms with E-state index in [2.05, 4.69) is 10.4 Å². The van der Waals surface area contributed by atoms with Crippen molar-refractivity contribution in [3.63, 3.8) is 0 Å². The maximum Gasteiger partial charge on any atom is 0.270 e. The molecule has 0 aliphatic rings. The topological polar surface area (TPSA) is 82.5 Å². The van der Waals surface area contributed by atoms with Gasteiger partial charge in [0.05, 0.1) is 19.9 Å². The van der Waals surface area contributed by atoms with Crippen LogP contribution in [-0.4, -0.2) is 29.9 Å². The highest BCUT2D eigenvalue weighted by atomic mass is 19.1. The zero-order valence-corrected chi connectivity index (χ0v) is 19.3. The highest BCUT2D eigenvalue weighted by molar-refractivity contribution is 5.90. The first kappa shape index (κ1) is 23.7. The average Bonchev–Trinajstić information content (AvgIpc) is 2.88. The van der Waals surface area contributed by atoms with Crippen LogP contribution in [0.15, 0.2) is 83.7 Å². The number of benzene rings is 3. The van der Waals surface area contributed by atoms with Crippen LogP contribution in [0.3, 0.4) is 0 Å². The second-order valence-corrected chi connectivity index (χ2v) is 7.83. The van der Waals surface area contributed by atoms with Crippen molar-refractivity contribution in [2.45, 2.75) is 13.0 Å². The van der Waals surface area contributed by atoms with Gasteiger partial charge in [0.1, 0.15) is 23.9 Å². The molecule has 1 heterocycles. The van der Waals surface area contributed by atoms with Gasteiger partial charge in [-0.15, -0.1) is 0 Å². The van der Waals surface area contributed by atoms with E-state index in [9.17, 15) is 14.0 Å². The van der Waals surface area contributed by atoms with Crippen molar-refractivity contribution >= 4 is 11.6 Å². The number of hydrogen-bond donors (Lipinski definition) is 1. The molecule has 0 aliphatic carbocycles. The van der Waals surface area contributed by atoms with Gasteiger partial charge in [0, 0.05) is 23.2 Å². The summed E-state index contributed by atoms with van der Waals surface area (Å²) in [6.07, 6.45) is 0.335. The molecule has 0 fully saturated rings. The number of carbonyl (C=O) groups is 1. The summed E-state index contributed by atoms with van der Waals surface area (Å²) < 4.78 is 24.8. The third kappa shape index (κ3) is 5.92. The molecule has 178 valence electrons. The van der Waals surface area contributed by atoms with Crippen LogP contribution in [0, 0.1) is 5.82 Å². The summed E-state index contributed by atoms with van der Waals surface area (Å²) in [5.41, 5.74) is 2.72. The Morgan fingerprint density at radius 2 is 1.66 bits per heavy atom. The molecule has 1 N–H and O–H groups in total. The monoisotopic (exact) mass is 473 g/mol. The minimum atomic E-state index is -0.453. The molecule has 0 saturated heterocycles. The molecule has 0 atom stereocenters. The van der Waals surface area contributed by atoms with E-state index in [1.807, 2.05) is 36.4 Å². The molecule has 0 radical (unpaired) electrons. The molecule has 0 spiro atoms. The number of rotatable bonds is 8. The van der Waals surface area contributed by atoms with Crippen molar-refractivity contribution in [2.75, 3.05) is 19.5 Å². The predicted octanol–water partition coefficient (Wildman–Crippen LogP) is 4.30. The molecular weight excluding hydrogens is 449 g/mol. The van der Waals surface area contributed by atoms with Crippen molar-refractivity contribution in [1.82, 2.24) is 9.78 Å². The standard InChI is InChI=1S/C27H24FN3O4/c1-34-23-12-6-19(7-13-23)25-16-20(14-18-4-3-5-24(15-18)35-2)27(33)31(30-25)17-26(32)29-22-10-8-21(28)9-11-22/h3-13,15-16H,14,17H2,1-2H3,(H,29,32). The van der Waals surface area contributed by atoms with E-state index < -0.39 is 11.7 Å². The van der Waals surface area contributed by atoms with E-state index in [1.165, 1.54) is 24.3 Å². The van der Waals surface area contributed by atoms with Crippen molar-refractivity contribution in [3.8, 4) is 22.8 Å². The van der Waals surface area contributed by atoms with Crippen LogP contribution in [0.25, 0.3) is 11.3 Å². The van der Waals surface area contributed by atoms with Crippen molar-refractivity contribution in [2.24, 2.45) is 0 Å². The van der Waals surface area contributed by atoms with Gasteiger partial charge in [-0.05, 0) is 72.3 Å². The lowest BCUT2D eigenvalue weighted by atomic mass is 10.0. The number of ether oxygens (including phenoxy) is 2. The minimum absolute atomic E-state index is 0.300. The second kappa shape index (κ2) is 10.6. The first-order chi connectivity index (χ1) is 16.9. The SMILES string of the molecule is COc1ccc(-c2cc(Cc3cccc(OC)c3)c(=O)n(CC(=O)Nc3ccc(F)cc3)n2)cc1.